The van der Waals surface area contributed by atoms with Gasteiger partial charge < -0.3 is 5.32 Å². The predicted molar refractivity (Wildman–Crippen MR) is 80.5 cm³/mol. The van der Waals surface area contributed by atoms with Crippen molar-refractivity contribution in [2.75, 3.05) is 5.32 Å². The summed E-state index contributed by atoms with van der Waals surface area (Å²) in [6, 6.07) is 7.56. The van der Waals surface area contributed by atoms with Gasteiger partial charge in [-0.25, -0.2) is 8.78 Å². The van der Waals surface area contributed by atoms with Gasteiger partial charge in [0, 0.05) is 22.1 Å². The Bertz CT molecular complexity index is 620. The van der Waals surface area contributed by atoms with Crippen LogP contribution >= 0.6 is 43.5 Å². The van der Waals surface area contributed by atoms with E-state index in [-0.39, 0.29) is 10.2 Å². The Morgan fingerprint density at radius 2 is 1.79 bits per heavy atom. The Morgan fingerprint density at radius 3 is 2.53 bits per heavy atom. The van der Waals surface area contributed by atoms with Crippen LogP contribution in [0.1, 0.15) is 5.56 Å². The molecule has 0 saturated heterocycles. The maximum atomic E-state index is 13.6. The van der Waals surface area contributed by atoms with E-state index < -0.39 is 11.6 Å². The zero-order chi connectivity index (χ0) is 14.0. The molecule has 0 amide bonds. The Morgan fingerprint density at radius 1 is 1.05 bits per heavy atom. The summed E-state index contributed by atoms with van der Waals surface area (Å²) in [4.78, 5) is 0. The summed E-state index contributed by atoms with van der Waals surface area (Å²) in [7, 11) is 0. The summed E-state index contributed by atoms with van der Waals surface area (Å²) >= 11 is 12.3. The number of nitrogens with one attached hydrogen (secondary N) is 1. The number of anilines is 1. The highest BCUT2D eigenvalue weighted by Crippen LogP contribution is 2.25. The topological polar surface area (TPSA) is 12.0 Å². The van der Waals surface area contributed by atoms with Gasteiger partial charge in [0.25, 0.3) is 0 Å². The number of rotatable bonds is 3. The first kappa shape index (κ1) is 14.8. The first-order chi connectivity index (χ1) is 8.97. The van der Waals surface area contributed by atoms with Gasteiger partial charge in [-0.2, -0.15) is 0 Å². The lowest BCUT2D eigenvalue weighted by atomic mass is 10.2. The van der Waals surface area contributed by atoms with Crippen molar-refractivity contribution < 1.29 is 8.78 Å². The van der Waals surface area contributed by atoms with Crippen LogP contribution in [-0.2, 0) is 6.54 Å². The molecule has 2 aromatic rings. The average molecular weight is 411 g/mol. The van der Waals surface area contributed by atoms with E-state index in [0.29, 0.717) is 11.6 Å². The maximum Gasteiger partial charge on any atom is 0.147 e. The van der Waals surface area contributed by atoms with Crippen molar-refractivity contribution in [2.45, 2.75) is 6.54 Å². The quantitative estimate of drug-likeness (QED) is 0.634. The monoisotopic (exact) mass is 409 g/mol. The molecule has 1 N–H and O–H groups in total. The summed E-state index contributed by atoms with van der Waals surface area (Å²) < 4.78 is 27.9. The summed E-state index contributed by atoms with van der Waals surface area (Å²) in [5.74, 6) is -1.05. The Labute approximate surface area is 131 Å². The summed E-state index contributed by atoms with van der Waals surface area (Å²) in [5, 5.41) is 3.39. The molecule has 0 aliphatic rings. The molecular weight excluding hydrogens is 403 g/mol. The third-order valence-corrected chi connectivity index (χ3v) is 3.96. The molecule has 0 unspecified atom stereocenters. The van der Waals surface area contributed by atoms with Crippen LogP contribution in [0.15, 0.2) is 39.3 Å². The van der Waals surface area contributed by atoms with Crippen LogP contribution in [0.3, 0.4) is 0 Å². The molecule has 2 rings (SSSR count). The normalized spacial score (nSPS) is 10.6. The Kier molecular flexibility index (Phi) is 4.81. The molecule has 100 valence electrons. The zero-order valence-electron chi connectivity index (χ0n) is 9.48. The average Bonchev–Trinajstić information content (AvgIpc) is 2.36. The lowest BCUT2D eigenvalue weighted by Crippen LogP contribution is -2.03. The minimum atomic E-state index is -0.528. The van der Waals surface area contributed by atoms with Gasteiger partial charge in [-0.05, 0) is 45.8 Å². The van der Waals surface area contributed by atoms with Gasteiger partial charge in [0.1, 0.15) is 11.6 Å². The lowest BCUT2D eigenvalue weighted by Gasteiger charge is -2.10. The van der Waals surface area contributed by atoms with E-state index in [4.69, 9.17) is 11.6 Å². The highest BCUT2D eigenvalue weighted by atomic mass is 79.9. The maximum absolute atomic E-state index is 13.6. The molecule has 2 aromatic carbocycles. The fourth-order valence-corrected chi connectivity index (χ4v) is 2.44. The van der Waals surface area contributed by atoms with Crippen LogP contribution in [0.4, 0.5) is 14.5 Å². The number of halogens is 5. The molecule has 0 saturated carbocycles. The third-order valence-electron chi connectivity index (χ3n) is 2.49. The first-order valence-corrected chi connectivity index (χ1v) is 7.26. The Hall–Kier alpha value is -0.650. The minimum absolute atomic E-state index is 0.0936. The first-order valence-electron chi connectivity index (χ1n) is 5.29. The molecule has 0 fully saturated rings. The van der Waals surface area contributed by atoms with E-state index in [0.717, 1.165) is 22.2 Å². The van der Waals surface area contributed by atoms with Crippen molar-refractivity contribution >= 4 is 49.1 Å². The van der Waals surface area contributed by atoms with Crippen molar-refractivity contribution in [1.29, 1.82) is 0 Å². The van der Waals surface area contributed by atoms with Crippen molar-refractivity contribution in [2.24, 2.45) is 0 Å². The van der Waals surface area contributed by atoms with Crippen molar-refractivity contribution in [3.8, 4) is 0 Å². The third kappa shape index (κ3) is 3.68. The van der Waals surface area contributed by atoms with Crippen LogP contribution in [0, 0.1) is 11.6 Å². The van der Waals surface area contributed by atoms with Gasteiger partial charge >= 0.3 is 0 Å². The van der Waals surface area contributed by atoms with Gasteiger partial charge in [0.15, 0.2) is 0 Å². The number of hydrogen-bond acceptors (Lipinski definition) is 1. The smallest absolute Gasteiger partial charge is 0.147 e. The lowest BCUT2D eigenvalue weighted by molar-refractivity contribution is 0.596. The molecule has 1 nitrogen and oxygen atoms in total. The van der Waals surface area contributed by atoms with Crippen LogP contribution < -0.4 is 5.32 Å². The van der Waals surface area contributed by atoms with Crippen LogP contribution in [0.2, 0.25) is 5.02 Å². The second kappa shape index (κ2) is 6.20. The minimum Gasteiger partial charge on any atom is -0.378 e. The Balaban J connectivity index is 2.19. The molecule has 0 spiro atoms. The van der Waals surface area contributed by atoms with E-state index in [2.05, 4.69) is 37.2 Å². The van der Waals surface area contributed by atoms with E-state index in [1.165, 1.54) is 0 Å². The van der Waals surface area contributed by atoms with Crippen molar-refractivity contribution in [3.05, 3.63) is 61.5 Å². The molecule has 0 atom stereocenters. The van der Waals surface area contributed by atoms with E-state index in [1.807, 2.05) is 12.1 Å². The van der Waals surface area contributed by atoms with Gasteiger partial charge in [0.2, 0.25) is 0 Å². The van der Waals surface area contributed by atoms with Gasteiger partial charge in [-0.15, -0.1) is 0 Å². The zero-order valence-corrected chi connectivity index (χ0v) is 13.4. The summed E-state index contributed by atoms with van der Waals surface area (Å²) in [6.07, 6.45) is 0. The van der Waals surface area contributed by atoms with Gasteiger partial charge in [-0.3, -0.25) is 0 Å². The highest BCUT2D eigenvalue weighted by molar-refractivity contribution is 9.10. The second-order valence-corrected chi connectivity index (χ2v) is 6.01. The molecule has 0 heterocycles. The van der Waals surface area contributed by atoms with E-state index in [9.17, 15) is 8.78 Å². The molecule has 19 heavy (non-hydrogen) atoms. The van der Waals surface area contributed by atoms with E-state index in [1.54, 1.807) is 6.07 Å². The SMILES string of the molecule is Fc1cc(NCc2cc(Br)ccc2Cl)c(F)cc1Br. The summed E-state index contributed by atoms with van der Waals surface area (Å²) in [6.45, 7) is 0.302. The molecule has 0 bridgehead atoms. The van der Waals surface area contributed by atoms with Gasteiger partial charge in [0.05, 0.1) is 10.2 Å². The standard InChI is InChI=1S/C13H8Br2ClF2N/c14-8-1-2-10(16)7(3-8)6-19-13-5-11(17)9(15)4-12(13)18/h1-5,19H,6H2. The van der Waals surface area contributed by atoms with Crippen molar-refractivity contribution in [1.82, 2.24) is 0 Å². The van der Waals surface area contributed by atoms with E-state index >= 15 is 0 Å². The largest absolute Gasteiger partial charge is 0.378 e. The van der Waals surface area contributed by atoms with Crippen LogP contribution in [-0.4, -0.2) is 0 Å². The van der Waals surface area contributed by atoms with Crippen molar-refractivity contribution in [3.63, 3.8) is 0 Å². The number of benzene rings is 2. The predicted octanol–water partition coefficient (Wildman–Crippen LogP) is 5.76. The van der Waals surface area contributed by atoms with Gasteiger partial charge in [-0.1, -0.05) is 27.5 Å². The molecule has 0 aliphatic carbocycles. The molecule has 6 heteroatoms. The highest BCUT2D eigenvalue weighted by Gasteiger charge is 2.09. The fourth-order valence-electron chi connectivity index (χ4n) is 1.53. The molecule has 0 aromatic heterocycles. The fraction of sp³-hybridized carbons (Fsp3) is 0.0769. The second-order valence-electron chi connectivity index (χ2n) is 3.84. The summed E-state index contributed by atoms with van der Waals surface area (Å²) in [5.41, 5.74) is 0.885. The number of hydrogen-bond donors (Lipinski definition) is 1. The molecule has 0 aliphatic heterocycles. The van der Waals surface area contributed by atoms with Crippen LogP contribution in [0.25, 0.3) is 0 Å². The molecular formula is C13H8Br2ClF2N. The van der Waals surface area contributed by atoms with Crippen LogP contribution in [0.5, 0.6) is 0 Å². The molecule has 0 radical (unpaired) electrons.